The van der Waals surface area contributed by atoms with Crippen LogP contribution in [0.4, 0.5) is 10.5 Å². The molecule has 262 valence electrons. The minimum atomic E-state index is -0.802. The van der Waals surface area contributed by atoms with E-state index in [-0.39, 0.29) is 35.4 Å². The zero-order chi connectivity index (χ0) is 35.4. The summed E-state index contributed by atoms with van der Waals surface area (Å²) in [6.07, 6.45) is 3.51. The van der Waals surface area contributed by atoms with Crippen LogP contribution in [0.5, 0.6) is 17.2 Å². The molecule has 2 atom stereocenters. The fraction of sp³-hybridized carbons (Fsp3) is 0.324. The third-order valence-corrected chi connectivity index (χ3v) is 10.3. The van der Waals surface area contributed by atoms with Gasteiger partial charge in [-0.1, -0.05) is 59.1 Å². The SMILES string of the molecule is COc1ccc([C@H](Cc2c(Cl)cncc2Cl)OC(=O)c2ccc(CN(C(=O)O[C@H]3CN4CCC3CC4)c3cccc(O)c3Cl)cc2)cc1OC. The first-order chi connectivity index (χ1) is 24.1. The molecule has 10 nitrogen and oxygen atoms in total. The highest BCUT2D eigenvalue weighted by Gasteiger charge is 2.38. The molecule has 3 aromatic carbocycles. The molecule has 4 heterocycles. The molecule has 3 saturated heterocycles. The monoisotopic (exact) mass is 739 g/mol. The Hall–Kier alpha value is -4.22. The second-order valence-corrected chi connectivity index (χ2v) is 13.4. The van der Waals surface area contributed by atoms with Gasteiger partial charge in [-0.05, 0) is 84.9 Å². The lowest BCUT2D eigenvalue weighted by Gasteiger charge is -2.44. The third-order valence-electron chi connectivity index (χ3n) is 9.22. The highest BCUT2D eigenvalue weighted by molar-refractivity contribution is 6.36. The van der Waals surface area contributed by atoms with Crippen molar-refractivity contribution in [2.45, 2.75) is 38.0 Å². The molecule has 1 aromatic heterocycles. The Bertz CT molecular complexity index is 1830. The van der Waals surface area contributed by atoms with Gasteiger partial charge in [0.15, 0.2) is 11.5 Å². The van der Waals surface area contributed by atoms with E-state index in [1.807, 2.05) is 0 Å². The Morgan fingerprint density at radius 3 is 2.30 bits per heavy atom. The van der Waals surface area contributed by atoms with Gasteiger partial charge in [0.05, 0.1) is 42.1 Å². The van der Waals surface area contributed by atoms with Crippen molar-refractivity contribution in [1.82, 2.24) is 9.88 Å². The molecule has 0 unspecified atom stereocenters. The number of benzene rings is 3. The number of phenols is 1. The van der Waals surface area contributed by atoms with Crippen molar-refractivity contribution in [3.8, 4) is 17.2 Å². The van der Waals surface area contributed by atoms with Crippen molar-refractivity contribution in [1.29, 1.82) is 0 Å². The van der Waals surface area contributed by atoms with Crippen molar-refractivity contribution in [2.75, 3.05) is 38.8 Å². The van der Waals surface area contributed by atoms with E-state index in [1.54, 1.807) is 54.6 Å². The van der Waals surface area contributed by atoms with Crippen molar-refractivity contribution in [2.24, 2.45) is 5.92 Å². The second kappa shape index (κ2) is 15.8. The first-order valence-corrected chi connectivity index (χ1v) is 17.3. The summed E-state index contributed by atoms with van der Waals surface area (Å²) < 4.78 is 23.0. The number of nitrogens with zero attached hydrogens (tertiary/aromatic N) is 3. The number of carbonyl (C=O) groups excluding carboxylic acids is 2. The summed E-state index contributed by atoms with van der Waals surface area (Å²) in [6, 6.07) is 16.7. The summed E-state index contributed by atoms with van der Waals surface area (Å²) in [5, 5.41) is 11.1. The topological polar surface area (TPSA) is 111 Å². The number of carbonyl (C=O) groups is 2. The molecular formula is C37H36Cl3N3O7. The fourth-order valence-electron chi connectivity index (χ4n) is 6.43. The zero-order valence-corrected chi connectivity index (χ0v) is 29.8. The van der Waals surface area contributed by atoms with Crippen molar-refractivity contribution in [3.63, 3.8) is 0 Å². The molecule has 4 aromatic rings. The van der Waals surface area contributed by atoms with Crippen molar-refractivity contribution >= 4 is 52.6 Å². The van der Waals surface area contributed by atoms with Crippen molar-refractivity contribution in [3.05, 3.63) is 110 Å². The number of phenolic OH excluding ortho intramolecular Hbond substituents is 1. The number of aromatic nitrogens is 1. The molecule has 2 bridgehead atoms. The average Bonchev–Trinajstić information content (AvgIpc) is 3.13. The number of amides is 1. The normalized spacial score (nSPS) is 18.6. The number of esters is 1. The minimum absolute atomic E-state index is 0.0363. The van der Waals surface area contributed by atoms with Gasteiger partial charge in [-0.3, -0.25) is 14.8 Å². The quantitative estimate of drug-likeness (QED) is 0.152. The second-order valence-electron chi connectivity index (χ2n) is 12.2. The summed E-state index contributed by atoms with van der Waals surface area (Å²) in [5.41, 5.74) is 2.49. The van der Waals surface area contributed by atoms with Crippen LogP contribution in [-0.4, -0.2) is 67.0 Å². The van der Waals surface area contributed by atoms with Gasteiger partial charge in [0.2, 0.25) is 0 Å². The molecule has 1 amide bonds. The molecule has 0 spiro atoms. The largest absolute Gasteiger partial charge is 0.506 e. The van der Waals surface area contributed by atoms with Gasteiger partial charge in [0.25, 0.3) is 0 Å². The summed E-state index contributed by atoms with van der Waals surface area (Å²) in [6.45, 7) is 2.79. The van der Waals surface area contributed by atoms with Crippen LogP contribution in [0.25, 0.3) is 0 Å². The summed E-state index contributed by atoms with van der Waals surface area (Å²) in [5.74, 6) is 0.550. The number of anilines is 1. The van der Waals surface area contributed by atoms with Crippen LogP contribution < -0.4 is 14.4 Å². The lowest BCUT2D eigenvalue weighted by molar-refractivity contribution is -0.0311. The van der Waals surface area contributed by atoms with Crippen molar-refractivity contribution < 1.29 is 33.6 Å². The Morgan fingerprint density at radius 2 is 1.66 bits per heavy atom. The van der Waals surface area contributed by atoms with Gasteiger partial charge in [-0.15, -0.1) is 0 Å². The number of fused-ring (bicyclic) bond motifs is 3. The van der Waals surface area contributed by atoms with Gasteiger partial charge in [0.1, 0.15) is 23.0 Å². The molecule has 7 rings (SSSR count). The van der Waals surface area contributed by atoms with Crippen LogP contribution in [0, 0.1) is 5.92 Å². The van der Waals surface area contributed by atoms with E-state index in [2.05, 4.69) is 9.88 Å². The number of rotatable bonds is 11. The zero-order valence-electron chi connectivity index (χ0n) is 27.5. The predicted molar refractivity (Wildman–Crippen MR) is 191 cm³/mol. The van der Waals surface area contributed by atoms with Crippen LogP contribution in [0.1, 0.15) is 46.0 Å². The lowest BCUT2D eigenvalue weighted by Crippen LogP contribution is -2.53. The number of halogens is 3. The standard InChI is InChI=1S/C37H36Cl3N3O7/c1-47-31-11-10-25(16-33(31)48-2)32(17-26-27(38)18-41-19-28(26)39)49-36(45)24-8-6-22(7-9-24)20-43(29-4-3-5-30(44)35(29)40)37(46)50-34-21-42-14-12-23(34)13-15-42/h3-11,16,18-19,23,32,34,44H,12-15,17,20-21H2,1-2H3/t32-,34-/m0/s1. The van der Waals surface area contributed by atoms with Crippen LogP contribution in [-0.2, 0) is 22.4 Å². The van der Waals surface area contributed by atoms with Crippen LogP contribution in [0.15, 0.2) is 73.1 Å². The van der Waals surface area contributed by atoms with Gasteiger partial charge in [-0.2, -0.15) is 0 Å². The van der Waals surface area contributed by atoms with Gasteiger partial charge >= 0.3 is 12.1 Å². The first kappa shape index (κ1) is 35.6. The maximum Gasteiger partial charge on any atom is 0.414 e. The number of pyridine rings is 1. The smallest absolute Gasteiger partial charge is 0.414 e. The number of methoxy groups -OCH3 is 2. The summed E-state index contributed by atoms with van der Waals surface area (Å²) in [7, 11) is 3.06. The van der Waals surface area contributed by atoms with E-state index >= 15 is 0 Å². The maximum atomic E-state index is 13.7. The molecule has 3 aliphatic rings. The fourth-order valence-corrected chi connectivity index (χ4v) is 7.17. The molecule has 0 aliphatic carbocycles. The van der Waals surface area contributed by atoms with Crippen LogP contribution in [0.3, 0.4) is 0 Å². The lowest BCUT2D eigenvalue weighted by atomic mass is 9.86. The van der Waals surface area contributed by atoms with E-state index in [0.29, 0.717) is 56.4 Å². The Labute approximate surface area is 305 Å². The molecule has 3 fully saturated rings. The Kier molecular flexibility index (Phi) is 11.2. The molecule has 50 heavy (non-hydrogen) atoms. The number of aromatic hydroxyl groups is 1. The van der Waals surface area contributed by atoms with Crippen LogP contribution in [0.2, 0.25) is 15.1 Å². The van der Waals surface area contributed by atoms with Gasteiger partial charge in [0, 0.05) is 25.4 Å². The number of piperidine rings is 3. The summed E-state index contributed by atoms with van der Waals surface area (Å²) >= 11 is 19.4. The molecule has 0 saturated carbocycles. The predicted octanol–water partition coefficient (Wildman–Crippen LogP) is 8.14. The molecular weight excluding hydrogens is 705 g/mol. The Balaban J connectivity index is 1.22. The highest BCUT2D eigenvalue weighted by atomic mass is 35.5. The van der Waals surface area contributed by atoms with E-state index in [1.165, 1.54) is 37.6 Å². The average molecular weight is 741 g/mol. The van der Waals surface area contributed by atoms with E-state index in [4.69, 9.17) is 53.8 Å². The van der Waals surface area contributed by atoms with E-state index in [9.17, 15) is 14.7 Å². The maximum absolute atomic E-state index is 13.7. The molecule has 13 heteroatoms. The van der Waals surface area contributed by atoms with E-state index < -0.39 is 18.2 Å². The number of ether oxygens (including phenoxy) is 4. The van der Waals surface area contributed by atoms with E-state index in [0.717, 1.165) is 25.9 Å². The minimum Gasteiger partial charge on any atom is -0.506 e. The van der Waals surface area contributed by atoms with Crippen LogP contribution >= 0.6 is 34.8 Å². The Morgan fingerprint density at radius 1 is 0.960 bits per heavy atom. The number of hydrogen-bond donors (Lipinski definition) is 1. The molecule has 3 aliphatic heterocycles. The summed E-state index contributed by atoms with van der Waals surface area (Å²) in [4.78, 5) is 35.0. The molecule has 1 N–H and O–H groups in total. The third kappa shape index (κ3) is 7.89. The number of hydrogen-bond acceptors (Lipinski definition) is 9. The van der Waals surface area contributed by atoms with Gasteiger partial charge in [-0.25, -0.2) is 9.59 Å². The first-order valence-electron chi connectivity index (χ1n) is 16.1. The highest BCUT2D eigenvalue weighted by Crippen LogP contribution is 2.38. The van der Waals surface area contributed by atoms with Gasteiger partial charge < -0.3 is 24.1 Å². The molecule has 0 radical (unpaired) electrons.